The standard InChI is InChI=1S/C17H16F6N2S.2ClH/c18-16(19,20)11-3-4-12(13(10-11)17(21,22)23)15(14-2-1-9-26-14)25-7-5-24-6-8-25;;/h1-4,9-10,15,24H,5-8H2;2*1H/t15-;;/m1../s1. The number of halogens is 8. The van der Waals surface area contributed by atoms with Crippen LogP contribution in [-0.4, -0.2) is 31.1 Å². The predicted octanol–water partition coefficient (Wildman–Crippen LogP) is 5.62. The van der Waals surface area contributed by atoms with Crippen molar-refractivity contribution in [2.75, 3.05) is 26.2 Å². The van der Waals surface area contributed by atoms with Crippen molar-refractivity contribution in [2.24, 2.45) is 0 Å². The van der Waals surface area contributed by atoms with Crippen molar-refractivity contribution in [2.45, 2.75) is 18.4 Å². The third kappa shape index (κ3) is 5.54. The molecule has 2 heterocycles. The summed E-state index contributed by atoms with van der Waals surface area (Å²) >= 11 is 1.30. The van der Waals surface area contributed by atoms with E-state index in [-0.39, 0.29) is 36.4 Å². The van der Waals surface area contributed by atoms with Gasteiger partial charge in [0.05, 0.1) is 17.2 Å². The Morgan fingerprint density at radius 2 is 1.57 bits per heavy atom. The minimum atomic E-state index is -4.87. The Balaban J connectivity index is 0.00000196. The summed E-state index contributed by atoms with van der Waals surface area (Å²) in [5, 5.41) is 4.88. The third-order valence-corrected chi connectivity index (χ3v) is 5.23. The number of thiophene rings is 1. The van der Waals surface area contributed by atoms with Gasteiger partial charge in [-0.3, -0.25) is 4.90 Å². The normalized spacial score (nSPS) is 16.8. The van der Waals surface area contributed by atoms with E-state index in [1.807, 2.05) is 4.90 Å². The highest BCUT2D eigenvalue weighted by atomic mass is 35.5. The summed E-state index contributed by atoms with van der Waals surface area (Å²) in [6, 6.07) is 4.64. The van der Waals surface area contributed by atoms with Crippen LogP contribution in [0.1, 0.15) is 27.6 Å². The topological polar surface area (TPSA) is 15.3 Å². The molecule has 1 atom stereocenters. The van der Waals surface area contributed by atoms with E-state index in [2.05, 4.69) is 5.32 Å². The van der Waals surface area contributed by atoms with Gasteiger partial charge >= 0.3 is 12.4 Å². The lowest BCUT2D eigenvalue weighted by Gasteiger charge is -2.36. The number of rotatable bonds is 3. The molecular formula is C17H18Cl2F6N2S. The molecule has 1 fully saturated rings. The van der Waals surface area contributed by atoms with Gasteiger partial charge in [-0.1, -0.05) is 12.1 Å². The highest BCUT2D eigenvalue weighted by Gasteiger charge is 2.41. The predicted molar refractivity (Wildman–Crippen MR) is 102 cm³/mol. The molecule has 2 nitrogen and oxygen atoms in total. The van der Waals surface area contributed by atoms with Crippen LogP contribution in [0.15, 0.2) is 35.7 Å². The van der Waals surface area contributed by atoms with Crippen LogP contribution in [-0.2, 0) is 12.4 Å². The maximum absolute atomic E-state index is 13.6. The van der Waals surface area contributed by atoms with Gasteiger partial charge in [0, 0.05) is 31.1 Å². The van der Waals surface area contributed by atoms with Gasteiger partial charge in [-0.25, -0.2) is 0 Å². The number of hydrogen-bond donors (Lipinski definition) is 1. The van der Waals surface area contributed by atoms with Gasteiger partial charge in [0.1, 0.15) is 0 Å². The van der Waals surface area contributed by atoms with Crippen LogP contribution in [0, 0.1) is 0 Å². The van der Waals surface area contributed by atoms with E-state index in [1.165, 1.54) is 11.3 Å². The Labute approximate surface area is 174 Å². The summed E-state index contributed by atoms with van der Waals surface area (Å²) in [5.41, 5.74) is -2.67. The Morgan fingerprint density at radius 1 is 0.929 bits per heavy atom. The summed E-state index contributed by atoms with van der Waals surface area (Å²) in [4.78, 5) is 2.55. The molecule has 0 unspecified atom stereocenters. The molecule has 11 heteroatoms. The maximum atomic E-state index is 13.6. The first kappa shape index (κ1) is 25.0. The minimum Gasteiger partial charge on any atom is -0.314 e. The number of piperazine rings is 1. The van der Waals surface area contributed by atoms with Crippen LogP contribution in [0.5, 0.6) is 0 Å². The SMILES string of the molecule is Cl.Cl.FC(F)(F)c1ccc([C@H](c2cccs2)N2CCNCC2)c(C(F)(F)F)c1. The molecule has 1 aliphatic rings. The van der Waals surface area contributed by atoms with E-state index >= 15 is 0 Å². The summed E-state index contributed by atoms with van der Waals surface area (Å²) in [6.07, 6.45) is -9.70. The first-order chi connectivity index (χ1) is 12.2. The third-order valence-electron chi connectivity index (χ3n) is 4.31. The van der Waals surface area contributed by atoms with Crippen molar-refractivity contribution in [1.29, 1.82) is 0 Å². The van der Waals surface area contributed by atoms with E-state index in [4.69, 9.17) is 0 Å². The molecule has 0 saturated carbocycles. The Kier molecular flexibility index (Phi) is 8.64. The van der Waals surface area contributed by atoms with Crippen LogP contribution >= 0.6 is 36.2 Å². The molecule has 0 amide bonds. The van der Waals surface area contributed by atoms with Crippen molar-refractivity contribution in [1.82, 2.24) is 10.2 Å². The number of alkyl halides is 6. The molecule has 1 saturated heterocycles. The van der Waals surface area contributed by atoms with Gasteiger partial charge in [0.2, 0.25) is 0 Å². The van der Waals surface area contributed by atoms with Gasteiger partial charge in [0.15, 0.2) is 0 Å². The quantitative estimate of drug-likeness (QED) is 0.590. The molecule has 1 aliphatic heterocycles. The van der Waals surface area contributed by atoms with Crippen molar-refractivity contribution in [3.05, 3.63) is 57.3 Å². The minimum absolute atomic E-state index is 0. The largest absolute Gasteiger partial charge is 0.416 e. The lowest BCUT2D eigenvalue weighted by atomic mass is 9.94. The van der Waals surface area contributed by atoms with E-state index in [1.54, 1.807) is 17.5 Å². The molecular weight excluding hydrogens is 449 g/mol. The number of nitrogens with zero attached hydrogens (tertiary/aromatic N) is 1. The van der Waals surface area contributed by atoms with Gasteiger partial charge in [-0.15, -0.1) is 36.2 Å². The van der Waals surface area contributed by atoms with E-state index < -0.39 is 29.5 Å². The summed E-state index contributed by atoms with van der Waals surface area (Å²) in [7, 11) is 0. The van der Waals surface area contributed by atoms with Gasteiger partial charge < -0.3 is 5.32 Å². The van der Waals surface area contributed by atoms with Crippen molar-refractivity contribution in [3.63, 3.8) is 0 Å². The molecule has 28 heavy (non-hydrogen) atoms. The van der Waals surface area contributed by atoms with Crippen molar-refractivity contribution < 1.29 is 26.3 Å². The zero-order valence-electron chi connectivity index (χ0n) is 14.3. The molecule has 1 N–H and O–H groups in total. The number of hydrogen-bond acceptors (Lipinski definition) is 3. The van der Waals surface area contributed by atoms with E-state index in [0.717, 1.165) is 12.1 Å². The average molecular weight is 467 g/mol. The highest BCUT2D eigenvalue weighted by Crippen LogP contribution is 2.43. The van der Waals surface area contributed by atoms with Crippen LogP contribution in [0.3, 0.4) is 0 Å². The second-order valence-electron chi connectivity index (χ2n) is 6.00. The summed E-state index contributed by atoms with van der Waals surface area (Å²) < 4.78 is 79.6. The Bertz CT molecular complexity index is 743. The molecule has 1 aromatic heterocycles. The molecule has 0 radical (unpaired) electrons. The van der Waals surface area contributed by atoms with E-state index in [0.29, 0.717) is 31.1 Å². The Morgan fingerprint density at radius 3 is 2.07 bits per heavy atom. The first-order valence-corrected chi connectivity index (χ1v) is 8.82. The summed E-state index contributed by atoms with van der Waals surface area (Å²) in [5.74, 6) is 0. The molecule has 158 valence electrons. The summed E-state index contributed by atoms with van der Waals surface area (Å²) in [6.45, 7) is 2.26. The fourth-order valence-corrected chi connectivity index (χ4v) is 4.01. The monoisotopic (exact) mass is 466 g/mol. The smallest absolute Gasteiger partial charge is 0.314 e. The maximum Gasteiger partial charge on any atom is 0.416 e. The first-order valence-electron chi connectivity index (χ1n) is 7.94. The zero-order chi connectivity index (χ0) is 18.9. The molecule has 2 aromatic rings. The number of benzene rings is 1. The molecule has 0 aliphatic carbocycles. The van der Waals surface area contributed by atoms with Gasteiger partial charge in [-0.05, 0) is 29.1 Å². The van der Waals surface area contributed by atoms with Crippen LogP contribution in [0.25, 0.3) is 0 Å². The zero-order valence-corrected chi connectivity index (χ0v) is 16.8. The van der Waals surface area contributed by atoms with Crippen molar-refractivity contribution in [3.8, 4) is 0 Å². The fraction of sp³-hybridized carbons (Fsp3) is 0.412. The Hall–Kier alpha value is -1.00. The van der Waals surface area contributed by atoms with Gasteiger partial charge in [0.25, 0.3) is 0 Å². The fourth-order valence-electron chi connectivity index (χ4n) is 3.13. The van der Waals surface area contributed by atoms with Crippen LogP contribution in [0.4, 0.5) is 26.3 Å². The lowest BCUT2D eigenvalue weighted by molar-refractivity contribution is -0.143. The second kappa shape index (κ2) is 9.67. The van der Waals surface area contributed by atoms with Crippen LogP contribution in [0.2, 0.25) is 0 Å². The van der Waals surface area contributed by atoms with Gasteiger partial charge in [-0.2, -0.15) is 26.3 Å². The number of nitrogens with one attached hydrogen (secondary N) is 1. The van der Waals surface area contributed by atoms with Crippen LogP contribution < -0.4 is 5.32 Å². The highest BCUT2D eigenvalue weighted by molar-refractivity contribution is 7.10. The van der Waals surface area contributed by atoms with Crippen molar-refractivity contribution >= 4 is 36.2 Å². The molecule has 3 rings (SSSR count). The average Bonchev–Trinajstić information content (AvgIpc) is 3.08. The second-order valence-corrected chi connectivity index (χ2v) is 6.98. The molecule has 1 aromatic carbocycles. The lowest BCUT2D eigenvalue weighted by Crippen LogP contribution is -2.45. The van der Waals surface area contributed by atoms with E-state index in [9.17, 15) is 26.3 Å². The molecule has 0 bridgehead atoms. The molecule has 0 spiro atoms.